The first kappa shape index (κ1) is 14.8. The first-order valence-corrected chi connectivity index (χ1v) is 7.91. The summed E-state index contributed by atoms with van der Waals surface area (Å²) in [6.45, 7) is 3.00. The number of hydrogen-bond donors (Lipinski definition) is 1. The van der Waals surface area contributed by atoms with Gasteiger partial charge in [-0.15, -0.1) is 0 Å². The number of non-ortho nitro benzene ring substituents is 1. The quantitative estimate of drug-likeness (QED) is 0.686. The maximum Gasteiger partial charge on any atom is 0.269 e. The maximum atomic E-state index is 10.8. The number of halogens is 1. The van der Waals surface area contributed by atoms with Crippen molar-refractivity contribution in [1.29, 1.82) is 0 Å². The van der Waals surface area contributed by atoms with Crippen LogP contribution in [0.1, 0.15) is 31.2 Å². The van der Waals surface area contributed by atoms with Gasteiger partial charge in [-0.05, 0) is 50.4 Å². The Morgan fingerprint density at radius 1 is 1.38 bits per heavy atom. The Bertz CT molecular complexity index is 538. The molecule has 0 bridgehead atoms. The minimum absolute atomic E-state index is 0.0989. The van der Waals surface area contributed by atoms with Gasteiger partial charge in [0.15, 0.2) is 0 Å². The molecule has 3 rings (SSSR count). The molecular weight excluding hydrogens is 290 g/mol. The van der Waals surface area contributed by atoms with Crippen LogP contribution in [0, 0.1) is 10.1 Å². The molecule has 2 atom stereocenters. The molecular formula is C15H20ClN3O2. The van der Waals surface area contributed by atoms with Gasteiger partial charge < -0.3 is 10.2 Å². The molecule has 21 heavy (non-hydrogen) atoms. The van der Waals surface area contributed by atoms with Crippen molar-refractivity contribution in [3.05, 3.63) is 38.9 Å². The number of rotatable bonds is 4. The van der Waals surface area contributed by atoms with E-state index in [1.807, 2.05) is 0 Å². The molecule has 2 fully saturated rings. The van der Waals surface area contributed by atoms with Crippen molar-refractivity contribution in [3.63, 3.8) is 0 Å². The Labute approximate surface area is 129 Å². The van der Waals surface area contributed by atoms with Crippen LogP contribution in [0.5, 0.6) is 0 Å². The number of nitro benzene ring substituents is 1. The molecule has 0 aromatic heterocycles. The molecule has 114 valence electrons. The fraction of sp³-hybridized carbons (Fsp3) is 0.600. The summed E-state index contributed by atoms with van der Waals surface area (Å²) < 4.78 is 0. The molecule has 0 spiro atoms. The SMILES string of the molecule is O=[N+]([O-])c1ccc(Cl)c(CNC2CCN3CCCC3C2)c1. The molecule has 0 amide bonds. The zero-order valence-corrected chi connectivity index (χ0v) is 12.7. The van der Waals surface area contributed by atoms with Crippen molar-refractivity contribution in [2.24, 2.45) is 0 Å². The third kappa shape index (κ3) is 3.36. The van der Waals surface area contributed by atoms with Crippen LogP contribution in [-0.2, 0) is 6.54 Å². The predicted octanol–water partition coefficient (Wildman–Crippen LogP) is 2.96. The average Bonchev–Trinajstić information content (AvgIpc) is 2.93. The number of benzene rings is 1. The monoisotopic (exact) mass is 309 g/mol. The lowest BCUT2D eigenvalue weighted by molar-refractivity contribution is -0.384. The highest BCUT2D eigenvalue weighted by Crippen LogP contribution is 2.27. The maximum absolute atomic E-state index is 10.8. The molecule has 0 aliphatic carbocycles. The molecule has 1 aromatic rings. The highest BCUT2D eigenvalue weighted by atomic mass is 35.5. The first-order valence-electron chi connectivity index (χ1n) is 7.54. The Kier molecular flexibility index (Phi) is 4.42. The topological polar surface area (TPSA) is 58.4 Å². The van der Waals surface area contributed by atoms with Crippen LogP contribution in [0.15, 0.2) is 18.2 Å². The summed E-state index contributed by atoms with van der Waals surface area (Å²) in [5, 5.41) is 14.9. The Morgan fingerprint density at radius 2 is 2.24 bits per heavy atom. The molecule has 6 heteroatoms. The van der Waals surface area contributed by atoms with Crippen LogP contribution in [0.4, 0.5) is 5.69 Å². The molecule has 0 saturated carbocycles. The van der Waals surface area contributed by atoms with E-state index in [0.717, 1.165) is 24.6 Å². The lowest BCUT2D eigenvalue weighted by Crippen LogP contribution is -2.45. The van der Waals surface area contributed by atoms with E-state index in [-0.39, 0.29) is 10.6 Å². The Hall–Kier alpha value is -1.17. The third-order valence-electron chi connectivity index (χ3n) is 4.64. The van der Waals surface area contributed by atoms with Crippen molar-refractivity contribution < 1.29 is 4.92 Å². The van der Waals surface area contributed by atoms with E-state index in [1.165, 1.54) is 31.9 Å². The Balaban J connectivity index is 1.60. The zero-order chi connectivity index (χ0) is 14.8. The summed E-state index contributed by atoms with van der Waals surface area (Å²) in [7, 11) is 0. The van der Waals surface area contributed by atoms with Crippen LogP contribution >= 0.6 is 11.6 Å². The van der Waals surface area contributed by atoms with Gasteiger partial charge in [-0.2, -0.15) is 0 Å². The molecule has 2 aliphatic rings. The third-order valence-corrected chi connectivity index (χ3v) is 5.01. The molecule has 5 nitrogen and oxygen atoms in total. The fourth-order valence-corrected chi connectivity index (χ4v) is 3.66. The van der Waals surface area contributed by atoms with Gasteiger partial charge >= 0.3 is 0 Å². The normalized spacial score (nSPS) is 25.8. The van der Waals surface area contributed by atoms with Crippen LogP contribution in [-0.4, -0.2) is 35.0 Å². The number of nitrogens with one attached hydrogen (secondary N) is 1. The summed E-state index contributed by atoms with van der Waals surface area (Å²) in [5.74, 6) is 0. The lowest BCUT2D eigenvalue weighted by Gasteiger charge is -2.35. The summed E-state index contributed by atoms with van der Waals surface area (Å²) in [6, 6.07) is 5.83. The van der Waals surface area contributed by atoms with E-state index < -0.39 is 0 Å². The van der Waals surface area contributed by atoms with Crippen molar-refractivity contribution >= 4 is 17.3 Å². The van der Waals surface area contributed by atoms with Gasteiger partial charge in [-0.25, -0.2) is 0 Å². The molecule has 0 radical (unpaired) electrons. The van der Waals surface area contributed by atoms with E-state index in [2.05, 4.69) is 10.2 Å². The largest absolute Gasteiger partial charge is 0.310 e. The van der Waals surface area contributed by atoms with Gasteiger partial charge in [0.2, 0.25) is 0 Å². The van der Waals surface area contributed by atoms with E-state index in [4.69, 9.17) is 11.6 Å². The molecule has 1 N–H and O–H groups in total. The fourth-order valence-electron chi connectivity index (χ4n) is 3.47. The van der Waals surface area contributed by atoms with E-state index in [0.29, 0.717) is 17.6 Å². The molecule has 2 saturated heterocycles. The van der Waals surface area contributed by atoms with E-state index >= 15 is 0 Å². The van der Waals surface area contributed by atoms with E-state index in [9.17, 15) is 10.1 Å². The lowest BCUT2D eigenvalue weighted by atomic mass is 9.97. The van der Waals surface area contributed by atoms with E-state index in [1.54, 1.807) is 12.1 Å². The summed E-state index contributed by atoms with van der Waals surface area (Å²) in [5.41, 5.74) is 0.904. The van der Waals surface area contributed by atoms with Crippen LogP contribution in [0.2, 0.25) is 5.02 Å². The van der Waals surface area contributed by atoms with Crippen molar-refractivity contribution in [3.8, 4) is 0 Å². The number of hydrogen-bond acceptors (Lipinski definition) is 4. The van der Waals surface area contributed by atoms with Gasteiger partial charge in [0.05, 0.1) is 4.92 Å². The van der Waals surface area contributed by atoms with Crippen LogP contribution in [0.3, 0.4) is 0 Å². The zero-order valence-electron chi connectivity index (χ0n) is 11.9. The summed E-state index contributed by atoms with van der Waals surface area (Å²) >= 11 is 6.14. The number of piperidine rings is 1. The minimum Gasteiger partial charge on any atom is -0.310 e. The van der Waals surface area contributed by atoms with Crippen molar-refractivity contribution in [2.75, 3.05) is 13.1 Å². The molecule has 2 heterocycles. The smallest absolute Gasteiger partial charge is 0.269 e. The van der Waals surface area contributed by atoms with Gasteiger partial charge in [-0.3, -0.25) is 10.1 Å². The molecule has 2 unspecified atom stereocenters. The Morgan fingerprint density at radius 3 is 3.05 bits per heavy atom. The molecule has 1 aromatic carbocycles. The van der Waals surface area contributed by atoms with Crippen LogP contribution < -0.4 is 5.32 Å². The summed E-state index contributed by atoms with van der Waals surface area (Å²) in [4.78, 5) is 13.0. The van der Waals surface area contributed by atoms with Gasteiger partial charge in [0.25, 0.3) is 5.69 Å². The number of fused-ring (bicyclic) bond motifs is 1. The van der Waals surface area contributed by atoms with Crippen LogP contribution in [0.25, 0.3) is 0 Å². The van der Waals surface area contributed by atoms with Gasteiger partial charge in [-0.1, -0.05) is 11.6 Å². The predicted molar refractivity (Wildman–Crippen MR) is 82.6 cm³/mol. The molecule has 2 aliphatic heterocycles. The van der Waals surface area contributed by atoms with Gasteiger partial charge in [0, 0.05) is 35.8 Å². The van der Waals surface area contributed by atoms with Crippen molar-refractivity contribution in [1.82, 2.24) is 10.2 Å². The average molecular weight is 310 g/mol. The second-order valence-corrected chi connectivity index (χ2v) is 6.37. The number of nitrogens with zero attached hydrogens (tertiary/aromatic N) is 2. The highest BCUT2D eigenvalue weighted by molar-refractivity contribution is 6.31. The first-order chi connectivity index (χ1) is 10.1. The number of nitro groups is 1. The summed E-state index contributed by atoms with van der Waals surface area (Å²) in [6.07, 6.45) is 4.93. The van der Waals surface area contributed by atoms with Crippen molar-refractivity contribution in [2.45, 2.75) is 44.3 Å². The second kappa shape index (κ2) is 6.30. The second-order valence-electron chi connectivity index (χ2n) is 5.97. The highest BCUT2D eigenvalue weighted by Gasteiger charge is 2.31. The standard InChI is InChI=1S/C15H20ClN3O2/c16-15-4-3-14(19(20)21)8-11(15)10-17-12-5-7-18-6-1-2-13(18)9-12/h3-4,8,12-13,17H,1-2,5-7,9-10H2. The minimum atomic E-state index is -0.378. The van der Waals surface area contributed by atoms with Gasteiger partial charge in [0.1, 0.15) is 0 Å².